The molecular formula is C27H40N2O6. The zero-order chi connectivity index (χ0) is 25.4. The third-order valence-electron chi connectivity index (χ3n) is 8.10. The van der Waals surface area contributed by atoms with Gasteiger partial charge in [0, 0.05) is 13.1 Å². The average molecular weight is 489 g/mol. The summed E-state index contributed by atoms with van der Waals surface area (Å²) in [5.41, 5.74) is -2.31. The predicted octanol–water partition coefficient (Wildman–Crippen LogP) is 2.46. The van der Waals surface area contributed by atoms with Crippen LogP contribution in [0.25, 0.3) is 0 Å². The van der Waals surface area contributed by atoms with Gasteiger partial charge >= 0.3 is 5.97 Å². The third-order valence-corrected chi connectivity index (χ3v) is 8.10. The SMILES string of the molecule is CCCCCN1CC=C[C@]23O[C@]4(CC)C=CCOC(=O)[C@@H]4[C@H]2C(=O)N([C@@H](CO)CC(C)C)C3C1=O. The van der Waals surface area contributed by atoms with Gasteiger partial charge in [-0.3, -0.25) is 14.4 Å². The number of aliphatic hydroxyl groups is 1. The molecule has 6 atom stereocenters. The Bertz CT molecular complexity index is 900. The van der Waals surface area contributed by atoms with Crippen LogP contribution in [0.5, 0.6) is 0 Å². The number of rotatable bonds is 9. The molecule has 8 heteroatoms. The van der Waals surface area contributed by atoms with Gasteiger partial charge in [0.15, 0.2) is 0 Å². The number of hydrogen-bond acceptors (Lipinski definition) is 6. The number of cyclic esters (lactones) is 1. The molecule has 0 aliphatic carbocycles. The Labute approximate surface area is 208 Å². The van der Waals surface area contributed by atoms with Crippen LogP contribution in [0.15, 0.2) is 24.3 Å². The molecule has 0 bridgehead atoms. The van der Waals surface area contributed by atoms with Crippen molar-refractivity contribution < 1.29 is 29.0 Å². The lowest BCUT2D eigenvalue weighted by atomic mass is 9.73. The number of esters is 1. The largest absolute Gasteiger partial charge is 0.461 e. The molecule has 8 nitrogen and oxygen atoms in total. The summed E-state index contributed by atoms with van der Waals surface area (Å²) in [6.45, 7) is 8.99. The third kappa shape index (κ3) is 4.12. The highest BCUT2D eigenvalue weighted by atomic mass is 16.6. The summed E-state index contributed by atoms with van der Waals surface area (Å²) in [4.78, 5) is 45.0. The fourth-order valence-electron chi connectivity index (χ4n) is 6.55. The van der Waals surface area contributed by atoms with Crippen molar-refractivity contribution in [1.82, 2.24) is 9.80 Å². The van der Waals surface area contributed by atoms with Gasteiger partial charge in [-0.15, -0.1) is 0 Å². The molecule has 2 amide bonds. The van der Waals surface area contributed by atoms with E-state index in [2.05, 4.69) is 6.92 Å². The number of ether oxygens (including phenoxy) is 2. The molecule has 1 unspecified atom stereocenters. The van der Waals surface area contributed by atoms with Crippen LogP contribution in [0.4, 0.5) is 0 Å². The van der Waals surface area contributed by atoms with Crippen LogP contribution < -0.4 is 0 Å². The molecule has 2 fully saturated rings. The van der Waals surface area contributed by atoms with Crippen molar-refractivity contribution in [2.24, 2.45) is 17.8 Å². The normalized spacial score (nSPS) is 35.0. The molecule has 2 saturated heterocycles. The van der Waals surface area contributed by atoms with Crippen molar-refractivity contribution in [3.8, 4) is 0 Å². The minimum Gasteiger partial charge on any atom is -0.461 e. The fourth-order valence-corrected chi connectivity index (χ4v) is 6.55. The maximum Gasteiger partial charge on any atom is 0.313 e. The van der Waals surface area contributed by atoms with Gasteiger partial charge in [0.25, 0.3) is 0 Å². The Balaban J connectivity index is 1.84. The van der Waals surface area contributed by atoms with Crippen LogP contribution in [0.3, 0.4) is 0 Å². The second-order valence-electron chi connectivity index (χ2n) is 10.8. The second kappa shape index (κ2) is 10.1. The van der Waals surface area contributed by atoms with Gasteiger partial charge in [0.1, 0.15) is 29.8 Å². The highest BCUT2D eigenvalue weighted by Gasteiger charge is 2.76. The fraction of sp³-hybridized carbons (Fsp3) is 0.741. The van der Waals surface area contributed by atoms with E-state index in [9.17, 15) is 19.5 Å². The van der Waals surface area contributed by atoms with Gasteiger partial charge in [0.05, 0.1) is 18.6 Å². The Morgan fingerprint density at radius 3 is 2.51 bits per heavy atom. The van der Waals surface area contributed by atoms with Crippen molar-refractivity contribution in [2.45, 2.75) is 83.1 Å². The standard InChI is InChI=1S/C27H40N2O6/c1-5-7-8-13-28-14-9-12-27-20(21-25(33)34-15-10-11-26(21,6-2)35-27)23(31)29(22(27)24(28)32)19(17-30)16-18(3)4/h9-12,18-22,30H,5-8,13-17H2,1-4H3/t19-,20+,21+,22?,26-,27+/m1/s1. The molecule has 4 aliphatic heterocycles. The van der Waals surface area contributed by atoms with E-state index in [-0.39, 0.29) is 30.9 Å². The van der Waals surface area contributed by atoms with Crippen LogP contribution in [0.1, 0.15) is 59.8 Å². The van der Waals surface area contributed by atoms with E-state index in [0.717, 1.165) is 19.3 Å². The molecule has 4 rings (SSSR count). The first-order chi connectivity index (χ1) is 16.8. The van der Waals surface area contributed by atoms with E-state index in [4.69, 9.17) is 9.47 Å². The molecule has 35 heavy (non-hydrogen) atoms. The number of nitrogens with zero attached hydrogens (tertiary/aromatic N) is 2. The topological polar surface area (TPSA) is 96.4 Å². The summed E-state index contributed by atoms with van der Waals surface area (Å²) in [5.74, 6) is -2.50. The van der Waals surface area contributed by atoms with Crippen molar-refractivity contribution in [2.75, 3.05) is 26.3 Å². The Morgan fingerprint density at radius 1 is 1.09 bits per heavy atom. The maximum atomic E-state index is 14.2. The number of hydrogen-bond donors (Lipinski definition) is 1. The maximum absolute atomic E-state index is 14.2. The highest BCUT2D eigenvalue weighted by molar-refractivity contribution is 5.99. The summed E-state index contributed by atoms with van der Waals surface area (Å²) in [6.07, 6.45) is 11.3. The van der Waals surface area contributed by atoms with Crippen molar-refractivity contribution in [1.29, 1.82) is 0 Å². The molecule has 0 saturated carbocycles. The molecule has 1 spiro atoms. The first-order valence-corrected chi connectivity index (χ1v) is 13.2. The van der Waals surface area contributed by atoms with E-state index in [1.807, 2.05) is 39.0 Å². The van der Waals surface area contributed by atoms with E-state index >= 15 is 0 Å². The number of fused-ring (bicyclic) bond motifs is 2. The molecule has 0 aromatic heterocycles. The zero-order valence-corrected chi connectivity index (χ0v) is 21.4. The van der Waals surface area contributed by atoms with Gasteiger partial charge in [-0.2, -0.15) is 0 Å². The molecule has 1 N–H and O–H groups in total. The van der Waals surface area contributed by atoms with Crippen molar-refractivity contribution in [3.63, 3.8) is 0 Å². The van der Waals surface area contributed by atoms with Crippen LogP contribution in [-0.2, 0) is 23.9 Å². The molecule has 0 radical (unpaired) electrons. The molecule has 4 heterocycles. The van der Waals surface area contributed by atoms with Gasteiger partial charge in [-0.05, 0) is 31.3 Å². The highest BCUT2D eigenvalue weighted by Crippen LogP contribution is 2.58. The molecule has 0 aromatic rings. The number of likely N-dealkylation sites (tertiary alicyclic amines) is 1. The second-order valence-corrected chi connectivity index (χ2v) is 10.8. The van der Waals surface area contributed by atoms with E-state index in [0.29, 0.717) is 25.9 Å². The van der Waals surface area contributed by atoms with Gasteiger partial charge < -0.3 is 24.4 Å². The minimum absolute atomic E-state index is 0.133. The first-order valence-electron chi connectivity index (χ1n) is 13.2. The summed E-state index contributed by atoms with van der Waals surface area (Å²) in [7, 11) is 0. The summed E-state index contributed by atoms with van der Waals surface area (Å²) >= 11 is 0. The summed E-state index contributed by atoms with van der Waals surface area (Å²) in [5, 5.41) is 10.3. The van der Waals surface area contributed by atoms with Crippen LogP contribution >= 0.6 is 0 Å². The summed E-state index contributed by atoms with van der Waals surface area (Å²) in [6, 6.07) is -1.48. The van der Waals surface area contributed by atoms with Crippen molar-refractivity contribution in [3.05, 3.63) is 24.3 Å². The number of unbranched alkanes of at least 4 members (excludes halogenated alkanes) is 2. The summed E-state index contributed by atoms with van der Waals surface area (Å²) < 4.78 is 12.3. The molecule has 194 valence electrons. The van der Waals surface area contributed by atoms with Gasteiger partial charge in [-0.25, -0.2) is 0 Å². The molecule has 0 aromatic carbocycles. The molecular weight excluding hydrogens is 448 g/mol. The van der Waals surface area contributed by atoms with Gasteiger partial charge in [-0.1, -0.05) is 58.8 Å². The van der Waals surface area contributed by atoms with E-state index in [1.165, 1.54) is 0 Å². The van der Waals surface area contributed by atoms with Crippen LogP contribution in [0.2, 0.25) is 0 Å². The number of carbonyl (C=O) groups is 3. The van der Waals surface area contributed by atoms with E-state index < -0.39 is 41.1 Å². The van der Waals surface area contributed by atoms with Crippen molar-refractivity contribution >= 4 is 17.8 Å². The van der Waals surface area contributed by atoms with E-state index in [1.54, 1.807) is 15.9 Å². The monoisotopic (exact) mass is 488 g/mol. The average Bonchev–Trinajstić information content (AvgIpc) is 3.11. The minimum atomic E-state index is -1.29. The van der Waals surface area contributed by atoms with Crippen LogP contribution in [0, 0.1) is 17.8 Å². The lowest BCUT2D eigenvalue weighted by Gasteiger charge is -2.41. The number of carbonyl (C=O) groups excluding carboxylic acids is 3. The number of aliphatic hydroxyl groups excluding tert-OH is 1. The molecule has 4 aliphatic rings. The van der Waals surface area contributed by atoms with Crippen LogP contribution in [-0.4, -0.2) is 82.3 Å². The lowest BCUT2D eigenvalue weighted by Crippen LogP contribution is -2.59. The smallest absolute Gasteiger partial charge is 0.313 e. The Morgan fingerprint density at radius 2 is 1.86 bits per heavy atom. The lowest BCUT2D eigenvalue weighted by molar-refractivity contribution is -0.161. The zero-order valence-electron chi connectivity index (χ0n) is 21.4. The van der Waals surface area contributed by atoms with Gasteiger partial charge in [0.2, 0.25) is 11.8 Å². The first kappa shape index (κ1) is 25.9. The quantitative estimate of drug-likeness (QED) is 0.304. The Kier molecular flexibility index (Phi) is 7.44. The number of amides is 2. The Hall–Kier alpha value is -2.19. The predicted molar refractivity (Wildman–Crippen MR) is 130 cm³/mol.